The molecular weight excluding hydrogens is 721 g/mol. The third-order valence-electron chi connectivity index (χ3n) is 12.3. The lowest BCUT2D eigenvalue weighted by Crippen LogP contribution is -2.75. The number of hydrogen-bond acceptors (Lipinski definition) is 1. The fourth-order valence-corrected chi connectivity index (χ4v) is 15.2. The smallest absolute Gasteiger partial charge is 0.181 e. The average Bonchev–Trinajstić information content (AvgIpc) is 3.96. The van der Waals surface area contributed by atoms with Crippen molar-refractivity contribution in [3.8, 4) is 11.4 Å². The van der Waals surface area contributed by atoms with Crippen LogP contribution < -0.4 is 20.7 Å². The SMILES string of the molecule is c1ccc(-n2c3ccccc3c3cc(-n4c5ccccc5c5c([Si](c6ccccc6)(c6ccccc6)c6cccc7oc8ccccc8c67)cccc54)ccc32)cc1. The molecule has 272 valence electrons. The largest absolute Gasteiger partial charge is 0.456 e. The maximum atomic E-state index is 6.63. The molecule has 58 heavy (non-hydrogen) atoms. The monoisotopic (exact) mass is 756 g/mol. The maximum absolute atomic E-state index is 6.63. The summed E-state index contributed by atoms with van der Waals surface area (Å²) in [4.78, 5) is 0. The van der Waals surface area contributed by atoms with Gasteiger partial charge in [-0.25, -0.2) is 0 Å². The Bertz CT molecular complexity index is 3470. The standard InChI is InChI=1S/C54H36N2OSi/c1-4-18-37(19-5-1)55-45-27-13-10-24-41(45)44-36-38(34-35-47(44)55)56-46-28-14-11-25-42(46)53-48(56)29-16-32-51(53)58(39-20-6-2-7-21-39,40-22-8-3-9-23-40)52-33-17-31-50-54(52)43-26-12-15-30-49(43)57-50/h1-36H. The van der Waals surface area contributed by atoms with Crippen LogP contribution in [0.25, 0.3) is 76.9 Å². The zero-order valence-electron chi connectivity index (χ0n) is 31.6. The minimum atomic E-state index is -3.11. The molecule has 0 atom stereocenters. The van der Waals surface area contributed by atoms with Crippen LogP contribution in [0.4, 0.5) is 0 Å². The molecule has 3 aromatic heterocycles. The zero-order valence-corrected chi connectivity index (χ0v) is 32.6. The molecule has 0 radical (unpaired) electrons. The summed E-state index contributed by atoms with van der Waals surface area (Å²) in [5.74, 6) is 0. The van der Waals surface area contributed by atoms with Gasteiger partial charge in [0.2, 0.25) is 0 Å². The van der Waals surface area contributed by atoms with Gasteiger partial charge >= 0.3 is 0 Å². The highest BCUT2D eigenvalue weighted by atomic mass is 28.3. The molecule has 0 bridgehead atoms. The fourth-order valence-electron chi connectivity index (χ4n) is 9.96. The Morgan fingerprint density at radius 2 is 0.810 bits per heavy atom. The van der Waals surface area contributed by atoms with Crippen LogP contribution in [-0.2, 0) is 0 Å². The van der Waals surface area contributed by atoms with Crippen molar-refractivity contribution in [3.05, 3.63) is 218 Å². The first-order valence-corrected chi connectivity index (χ1v) is 21.9. The quantitative estimate of drug-likeness (QED) is 0.122. The summed E-state index contributed by atoms with van der Waals surface area (Å²) in [6.07, 6.45) is 0. The van der Waals surface area contributed by atoms with Crippen LogP contribution in [-0.4, -0.2) is 17.2 Å². The zero-order chi connectivity index (χ0) is 38.2. The van der Waals surface area contributed by atoms with E-state index in [0.717, 1.165) is 27.9 Å². The first-order chi connectivity index (χ1) is 28.8. The van der Waals surface area contributed by atoms with Crippen LogP contribution in [0, 0.1) is 0 Å². The highest BCUT2D eigenvalue weighted by Crippen LogP contribution is 2.38. The summed E-state index contributed by atoms with van der Waals surface area (Å²) in [7, 11) is -3.11. The summed E-state index contributed by atoms with van der Waals surface area (Å²) in [6.45, 7) is 0. The van der Waals surface area contributed by atoms with Gasteiger partial charge < -0.3 is 13.6 Å². The first kappa shape index (κ1) is 32.8. The van der Waals surface area contributed by atoms with E-state index in [2.05, 4.69) is 228 Å². The molecule has 3 nitrogen and oxygen atoms in total. The molecule has 0 N–H and O–H groups in total. The van der Waals surface area contributed by atoms with Crippen LogP contribution in [0.5, 0.6) is 0 Å². The second-order valence-corrected chi connectivity index (χ2v) is 18.9. The normalized spacial score (nSPS) is 12.1. The number of hydrogen-bond donors (Lipinski definition) is 0. The molecule has 0 aliphatic rings. The Morgan fingerprint density at radius 3 is 1.53 bits per heavy atom. The van der Waals surface area contributed by atoms with E-state index in [4.69, 9.17) is 4.42 Å². The van der Waals surface area contributed by atoms with Crippen LogP contribution in [0.3, 0.4) is 0 Å². The number of furan rings is 1. The van der Waals surface area contributed by atoms with Gasteiger partial charge in [0.15, 0.2) is 8.07 Å². The summed E-state index contributed by atoms with van der Waals surface area (Å²) in [5.41, 5.74) is 8.90. The number of aromatic nitrogens is 2. The van der Waals surface area contributed by atoms with Crippen LogP contribution in [0.1, 0.15) is 0 Å². The topological polar surface area (TPSA) is 23.0 Å². The van der Waals surface area contributed by atoms with Gasteiger partial charge in [0.25, 0.3) is 0 Å². The van der Waals surface area contributed by atoms with Gasteiger partial charge in [-0.2, -0.15) is 0 Å². The number of fused-ring (bicyclic) bond motifs is 9. The summed E-state index contributed by atoms with van der Waals surface area (Å²) in [6, 6.07) is 80.2. The molecule has 0 aliphatic heterocycles. The minimum Gasteiger partial charge on any atom is -0.456 e. The van der Waals surface area contributed by atoms with Crippen molar-refractivity contribution in [2.24, 2.45) is 0 Å². The predicted molar refractivity (Wildman–Crippen MR) is 246 cm³/mol. The molecule has 0 saturated heterocycles. The summed E-state index contributed by atoms with van der Waals surface area (Å²) in [5, 5.41) is 12.7. The maximum Gasteiger partial charge on any atom is 0.181 e. The van der Waals surface area contributed by atoms with Crippen LogP contribution >= 0.6 is 0 Å². The second kappa shape index (κ2) is 12.8. The molecule has 0 saturated carbocycles. The van der Waals surface area contributed by atoms with E-state index in [9.17, 15) is 0 Å². The Morgan fingerprint density at radius 1 is 0.310 bits per heavy atom. The third-order valence-corrected chi connectivity index (χ3v) is 17.1. The van der Waals surface area contributed by atoms with E-state index >= 15 is 0 Å². The van der Waals surface area contributed by atoms with Crippen LogP contribution in [0.2, 0.25) is 0 Å². The highest BCUT2D eigenvalue weighted by molar-refractivity contribution is 7.21. The lowest BCUT2D eigenvalue weighted by atomic mass is 10.1. The van der Waals surface area contributed by atoms with Crippen molar-refractivity contribution >= 4 is 94.4 Å². The van der Waals surface area contributed by atoms with Gasteiger partial charge in [-0.1, -0.05) is 158 Å². The van der Waals surface area contributed by atoms with Gasteiger partial charge in [0, 0.05) is 43.7 Å². The molecule has 0 fully saturated rings. The number of benzene rings is 9. The molecule has 4 heteroatoms. The van der Waals surface area contributed by atoms with E-state index in [1.54, 1.807) is 0 Å². The molecule has 12 aromatic rings. The number of nitrogens with zero attached hydrogens (tertiary/aromatic N) is 2. The van der Waals surface area contributed by atoms with E-state index in [1.165, 1.54) is 69.7 Å². The van der Waals surface area contributed by atoms with E-state index in [1.807, 2.05) is 0 Å². The van der Waals surface area contributed by atoms with Crippen molar-refractivity contribution < 1.29 is 4.42 Å². The lowest BCUT2D eigenvalue weighted by Gasteiger charge is -2.35. The molecular formula is C54H36N2OSi. The van der Waals surface area contributed by atoms with Gasteiger partial charge in [-0.15, -0.1) is 0 Å². The van der Waals surface area contributed by atoms with Crippen molar-refractivity contribution in [1.29, 1.82) is 0 Å². The number of para-hydroxylation sites is 4. The van der Waals surface area contributed by atoms with Crippen molar-refractivity contribution in [3.63, 3.8) is 0 Å². The lowest BCUT2D eigenvalue weighted by molar-refractivity contribution is 0.669. The third kappa shape index (κ3) is 4.61. The average molecular weight is 757 g/mol. The highest BCUT2D eigenvalue weighted by Gasteiger charge is 2.45. The van der Waals surface area contributed by atoms with E-state index in [0.29, 0.717) is 0 Å². The molecule has 0 spiro atoms. The Labute approximate surface area is 336 Å². The Hall–Kier alpha value is -7.40. The molecule has 0 amide bonds. The summed E-state index contributed by atoms with van der Waals surface area (Å²) >= 11 is 0. The van der Waals surface area contributed by atoms with Gasteiger partial charge in [0.1, 0.15) is 11.2 Å². The summed E-state index contributed by atoms with van der Waals surface area (Å²) < 4.78 is 11.5. The second-order valence-electron chi connectivity index (χ2n) is 15.2. The van der Waals surface area contributed by atoms with Gasteiger partial charge in [0.05, 0.1) is 22.1 Å². The molecule has 9 aromatic carbocycles. The Kier molecular flexibility index (Phi) is 7.25. The van der Waals surface area contributed by atoms with E-state index in [-0.39, 0.29) is 0 Å². The number of rotatable bonds is 6. The fraction of sp³-hybridized carbons (Fsp3) is 0. The first-order valence-electron chi connectivity index (χ1n) is 19.9. The van der Waals surface area contributed by atoms with E-state index < -0.39 is 8.07 Å². The molecule has 12 rings (SSSR count). The van der Waals surface area contributed by atoms with Crippen molar-refractivity contribution in [2.75, 3.05) is 0 Å². The van der Waals surface area contributed by atoms with Crippen molar-refractivity contribution in [1.82, 2.24) is 9.13 Å². The Balaban J connectivity index is 1.22. The molecule has 0 aliphatic carbocycles. The van der Waals surface area contributed by atoms with Gasteiger partial charge in [-0.3, -0.25) is 0 Å². The van der Waals surface area contributed by atoms with Gasteiger partial charge in [-0.05, 0) is 81.4 Å². The predicted octanol–water partition coefficient (Wildman–Crippen LogP) is 11.2. The minimum absolute atomic E-state index is 0.910. The van der Waals surface area contributed by atoms with Crippen LogP contribution in [0.15, 0.2) is 223 Å². The van der Waals surface area contributed by atoms with Crippen molar-refractivity contribution in [2.45, 2.75) is 0 Å². The molecule has 0 unspecified atom stereocenters. The molecule has 3 heterocycles.